The zero-order chi connectivity index (χ0) is 17.3. The molecule has 0 N–H and O–H groups in total. The van der Waals surface area contributed by atoms with Crippen LogP contribution in [0.5, 0.6) is 0 Å². The van der Waals surface area contributed by atoms with Gasteiger partial charge in [-0.25, -0.2) is 4.79 Å². The minimum Gasteiger partial charge on any atom is -0.444 e. The molecular formula is C17H20F3NO2. The number of carbonyl (C=O) groups excluding carboxylic acids is 1. The maximum atomic E-state index is 12.7. The number of hydrogen-bond donors (Lipinski definition) is 0. The number of benzene rings is 1. The summed E-state index contributed by atoms with van der Waals surface area (Å²) in [4.78, 5) is 13.8. The van der Waals surface area contributed by atoms with E-state index in [0.717, 1.165) is 12.1 Å². The molecule has 3 nitrogen and oxygen atoms in total. The van der Waals surface area contributed by atoms with Crippen molar-refractivity contribution in [3.63, 3.8) is 0 Å². The topological polar surface area (TPSA) is 29.5 Å². The maximum Gasteiger partial charge on any atom is 0.416 e. The molecule has 1 aliphatic heterocycles. The fourth-order valence-corrected chi connectivity index (χ4v) is 2.37. The van der Waals surface area contributed by atoms with Crippen molar-refractivity contribution in [2.75, 3.05) is 6.54 Å². The zero-order valence-corrected chi connectivity index (χ0v) is 13.4. The molecule has 2 rings (SSSR count). The van der Waals surface area contributed by atoms with Gasteiger partial charge in [0.25, 0.3) is 0 Å². The van der Waals surface area contributed by atoms with Gasteiger partial charge in [-0.05, 0) is 44.9 Å². The van der Waals surface area contributed by atoms with Crippen molar-refractivity contribution in [1.29, 1.82) is 0 Å². The highest BCUT2D eigenvalue weighted by atomic mass is 19.4. The largest absolute Gasteiger partial charge is 0.444 e. The first-order valence-electron chi connectivity index (χ1n) is 7.41. The molecule has 0 radical (unpaired) electrons. The third kappa shape index (κ3) is 4.50. The van der Waals surface area contributed by atoms with Crippen LogP contribution in [0.2, 0.25) is 0 Å². The maximum absolute atomic E-state index is 12.7. The first-order chi connectivity index (χ1) is 10.6. The third-order valence-corrected chi connectivity index (χ3v) is 3.40. The van der Waals surface area contributed by atoms with E-state index in [1.807, 2.05) is 12.2 Å². The van der Waals surface area contributed by atoms with E-state index in [9.17, 15) is 18.0 Å². The van der Waals surface area contributed by atoms with Gasteiger partial charge in [-0.2, -0.15) is 13.2 Å². The SMILES string of the molecule is CC(C)(C)OC(=O)N1CCC=C[C@H]1c1ccc(C(F)(F)F)cc1. The summed E-state index contributed by atoms with van der Waals surface area (Å²) in [7, 11) is 0. The van der Waals surface area contributed by atoms with E-state index in [-0.39, 0.29) is 0 Å². The van der Waals surface area contributed by atoms with Crippen molar-refractivity contribution in [2.24, 2.45) is 0 Å². The van der Waals surface area contributed by atoms with Gasteiger partial charge < -0.3 is 4.74 Å². The Balaban J connectivity index is 2.23. The summed E-state index contributed by atoms with van der Waals surface area (Å²) in [6, 6.07) is 4.46. The molecule has 0 unspecified atom stereocenters. The molecule has 0 saturated heterocycles. The fraction of sp³-hybridized carbons (Fsp3) is 0.471. The van der Waals surface area contributed by atoms with Crippen molar-refractivity contribution < 1.29 is 22.7 Å². The lowest BCUT2D eigenvalue weighted by molar-refractivity contribution is -0.137. The highest BCUT2D eigenvalue weighted by Crippen LogP contribution is 2.32. The van der Waals surface area contributed by atoms with E-state index in [1.54, 1.807) is 20.8 Å². The molecule has 0 aliphatic carbocycles. The number of halogens is 3. The number of alkyl halides is 3. The molecule has 1 atom stereocenters. The number of rotatable bonds is 1. The van der Waals surface area contributed by atoms with Gasteiger partial charge in [-0.15, -0.1) is 0 Å². The standard InChI is InChI=1S/C17H20F3NO2/c1-16(2,3)23-15(22)21-11-5-4-6-14(21)12-7-9-13(10-8-12)17(18,19)20/h4,6-10,14H,5,11H2,1-3H3/t14-/m0/s1. The van der Waals surface area contributed by atoms with Crippen LogP contribution in [-0.4, -0.2) is 23.1 Å². The van der Waals surface area contributed by atoms with Crippen LogP contribution in [0.3, 0.4) is 0 Å². The van der Waals surface area contributed by atoms with Crippen molar-refractivity contribution >= 4 is 6.09 Å². The van der Waals surface area contributed by atoms with E-state index in [0.29, 0.717) is 18.5 Å². The number of amides is 1. The molecular weight excluding hydrogens is 307 g/mol. The molecule has 0 spiro atoms. The van der Waals surface area contributed by atoms with Crippen LogP contribution in [0.25, 0.3) is 0 Å². The quantitative estimate of drug-likeness (QED) is 0.684. The van der Waals surface area contributed by atoms with Crippen molar-refractivity contribution in [2.45, 2.75) is 45.0 Å². The van der Waals surface area contributed by atoms with Gasteiger partial charge >= 0.3 is 12.3 Å². The minimum atomic E-state index is -4.37. The van der Waals surface area contributed by atoms with Gasteiger partial charge in [0.2, 0.25) is 0 Å². The molecule has 23 heavy (non-hydrogen) atoms. The van der Waals surface area contributed by atoms with Gasteiger partial charge in [0.1, 0.15) is 5.60 Å². The van der Waals surface area contributed by atoms with Gasteiger partial charge in [0.15, 0.2) is 0 Å². The zero-order valence-electron chi connectivity index (χ0n) is 13.4. The summed E-state index contributed by atoms with van der Waals surface area (Å²) in [5, 5.41) is 0. The molecule has 1 aromatic carbocycles. The molecule has 1 aromatic rings. The summed E-state index contributed by atoms with van der Waals surface area (Å²) in [5.41, 5.74) is -0.701. The predicted octanol–water partition coefficient (Wildman–Crippen LogP) is 4.94. The number of hydrogen-bond acceptors (Lipinski definition) is 2. The lowest BCUT2D eigenvalue weighted by Crippen LogP contribution is -2.40. The number of ether oxygens (including phenoxy) is 1. The van der Waals surface area contributed by atoms with E-state index in [4.69, 9.17) is 4.74 Å². The van der Waals surface area contributed by atoms with E-state index < -0.39 is 29.5 Å². The monoisotopic (exact) mass is 327 g/mol. The van der Waals surface area contributed by atoms with E-state index in [2.05, 4.69) is 0 Å². The molecule has 1 aliphatic rings. The molecule has 0 bridgehead atoms. The van der Waals surface area contributed by atoms with Crippen molar-refractivity contribution in [1.82, 2.24) is 4.90 Å². The average molecular weight is 327 g/mol. The van der Waals surface area contributed by atoms with Gasteiger partial charge in [0, 0.05) is 6.54 Å². The molecule has 1 amide bonds. The Morgan fingerprint density at radius 3 is 2.30 bits per heavy atom. The molecule has 0 aromatic heterocycles. The Morgan fingerprint density at radius 1 is 1.17 bits per heavy atom. The highest BCUT2D eigenvalue weighted by Gasteiger charge is 2.32. The summed E-state index contributed by atoms with van der Waals surface area (Å²) in [5.74, 6) is 0. The molecule has 6 heteroatoms. The second kappa shape index (κ2) is 6.26. The van der Waals surface area contributed by atoms with Gasteiger partial charge in [0.05, 0.1) is 11.6 Å². The summed E-state index contributed by atoms with van der Waals surface area (Å²) in [6.07, 6.45) is -0.409. The molecule has 1 heterocycles. The van der Waals surface area contributed by atoms with Crippen molar-refractivity contribution in [3.8, 4) is 0 Å². The van der Waals surface area contributed by atoms with Crippen LogP contribution in [0.1, 0.15) is 44.4 Å². The summed E-state index contributed by atoms with van der Waals surface area (Å²) in [6.45, 7) is 5.80. The smallest absolute Gasteiger partial charge is 0.416 e. The van der Waals surface area contributed by atoms with Crippen LogP contribution in [0.15, 0.2) is 36.4 Å². The minimum absolute atomic E-state index is 0.416. The second-order valence-corrected chi connectivity index (χ2v) is 6.46. The molecule has 0 saturated carbocycles. The highest BCUT2D eigenvalue weighted by molar-refractivity contribution is 5.69. The Kier molecular flexibility index (Phi) is 4.73. The first kappa shape index (κ1) is 17.4. The Bertz CT molecular complexity index is 585. The second-order valence-electron chi connectivity index (χ2n) is 6.46. The van der Waals surface area contributed by atoms with Crippen LogP contribution in [0.4, 0.5) is 18.0 Å². The number of nitrogens with zero attached hydrogens (tertiary/aromatic N) is 1. The molecule has 0 fully saturated rings. The Labute approximate surface area is 133 Å². The average Bonchev–Trinajstić information content (AvgIpc) is 2.45. The van der Waals surface area contributed by atoms with Gasteiger partial charge in [-0.3, -0.25) is 4.90 Å². The Morgan fingerprint density at radius 2 is 1.78 bits per heavy atom. The van der Waals surface area contributed by atoms with E-state index >= 15 is 0 Å². The first-order valence-corrected chi connectivity index (χ1v) is 7.41. The summed E-state index contributed by atoms with van der Waals surface area (Å²) >= 11 is 0. The summed E-state index contributed by atoms with van der Waals surface area (Å²) < 4.78 is 43.3. The normalized spacial score (nSPS) is 18.9. The predicted molar refractivity (Wildman–Crippen MR) is 80.9 cm³/mol. The van der Waals surface area contributed by atoms with Crippen molar-refractivity contribution in [3.05, 3.63) is 47.5 Å². The lowest BCUT2D eigenvalue weighted by atomic mass is 10.00. The number of carbonyl (C=O) groups is 1. The van der Waals surface area contributed by atoms with Crippen LogP contribution < -0.4 is 0 Å². The molecule has 126 valence electrons. The van der Waals surface area contributed by atoms with Crippen LogP contribution in [0, 0.1) is 0 Å². The van der Waals surface area contributed by atoms with Crippen LogP contribution in [-0.2, 0) is 10.9 Å². The third-order valence-electron chi connectivity index (χ3n) is 3.40. The van der Waals surface area contributed by atoms with Crippen LogP contribution >= 0.6 is 0 Å². The lowest BCUT2D eigenvalue weighted by Gasteiger charge is -2.34. The Hall–Kier alpha value is -1.98. The van der Waals surface area contributed by atoms with Gasteiger partial charge in [-0.1, -0.05) is 24.3 Å². The fourth-order valence-electron chi connectivity index (χ4n) is 2.37. The van der Waals surface area contributed by atoms with E-state index in [1.165, 1.54) is 17.0 Å².